The molecule has 3 heteroatoms. The van der Waals surface area contributed by atoms with E-state index in [0.29, 0.717) is 0 Å². The Hall–Kier alpha value is -0.730. The molecule has 0 unspecified atom stereocenters. The molecule has 15 heavy (non-hydrogen) atoms. The summed E-state index contributed by atoms with van der Waals surface area (Å²) in [4.78, 5) is 0. The molecule has 1 N–H and O–H groups in total. The zero-order chi connectivity index (χ0) is 10.9. The lowest BCUT2D eigenvalue weighted by Crippen LogP contribution is -2.08. The standard InChI is InChI=1S/C12H15ClO2/c1-15-11-4-2-3-10(13)9(11)5-6-12(14)7-8-12/h2-4,14H,5-8H2,1H3. The Balaban J connectivity index is 2.11. The molecule has 0 atom stereocenters. The Morgan fingerprint density at radius 1 is 1.47 bits per heavy atom. The van der Waals surface area contributed by atoms with Crippen molar-refractivity contribution in [1.82, 2.24) is 0 Å². The quantitative estimate of drug-likeness (QED) is 0.856. The summed E-state index contributed by atoms with van der Waals surface area (Å²) in [6, 6.07) is 5.63. The van der Waals surface area contributed by atoms with E-state index in [1.807, 2.05) is 18.2 Å². The molecule has 82 valence electrons. The summed E-state index contributed by atoms with van der Waals surface area (Å²) in [7, 11) is 1.64. The highest BCUT2D eigenvalue weighted by atomic mass is 35.5. The van der Waals surface area contributed by atoms with Crippen LogP contribution in [0.25, 0.3) is 0 Å². The molecule has 2 nitrogen and oxygen atoms in total. The molecule has 0 aliphatic heterocycles. The molecule has 0 saturated heterocycles. The normalized spacial score (nSPS) is 17.5. The molecule has 0 heterocycles. The average molecular weight is 227 g/mol. The van der Waals surface area contributed by atoms with Crippen molar-refractivity contribution in [2.24, 2.45) is 0 Å². The minimum Gasteiger partial charge on any atom is -0.496 e. The van der Waals surface area contributed by atoms with Crippen molar-refractivity contribution in [3.63, 3.8) is 0 Å². The lowest BCUT2D eigenvalue weighted by Gasteiger charge is -2.12. The van der Waals surface area contributed by atoms with Crippen LogP contribution >= 0.6 is 11.6 Å². The average Bonchev–Trinajstić information content (AvgIpc) is 2.95. The molecule has 1 fully saturated rings. The largest absolute Gasteiger partial charge is 0.496 e. The van der Waals surface area contributed by atoms with E-state index in [9.17, 15) is 5.11 Å². The van der Waals surface area contributed by atoms with Crippen LogP contribution in [-0.4, -0.2) is 17.8 Å². The third kappa shape index (κ3) is 2.44. The van der Waals surface area contributed by atoms with Gasteiger partial charge in [-0.3, -0.25) is 0 Å². The van der Waals surface area contributed by atoms with Crippen molar-refractivity contribution in [2.75, 3.05) is 7.11 Å². The monoisotopic (exact) mass is 226 g/mol. The molecule has 1 saturated carbocycles. The third-order valence-corrected chi connectivity index (χ3v) is 3.32. The molecule has 0 bridgehead atoms. The highest BCUT2D eigenvalue weighted by Gasteiger charge is 2.39. The second-order valence-corrected chi connectivity index (χ2v) is 4.55. The van der Waals surface area contributed by atoms with Crippen molar-refractivity contribution >= 4 is 11.6 Å². The molecule has 0 radical (unpaired) electrons. The molecule has 1 aromatic rings. The summed E-state index contributed by atoms with van der Waals surface area (Å²) in [5.74, 6) is 0.812. The number of aliphatic hydroxyl groups is 1. The van der Waals surface area contributed by atoms with Crippen LogP contribution in [0.3, 0.4) is 0 Å². The van der Waals surface area contributed by atoms with Crippen LogP contribution in [0, 0.1) is 0 Å². The van der Waals surface area contributed by atoms with Gasteiger partial charge in [-0.25, -0.2) is 0 Å². The molecule has 1 aliphatic rings. The molecule has 1 aliphatic carbocycles. The van der Waals surface area contributed by atoms with Crippen LogP contribution in [0.15, 0.2) is 18.2 Å². The first-order valence-corrected chi connectivity index (χ1v) is 5.56. The van der Waals surface area contributed by atoms with Crippen molar-refractivity contribution in [1.29, 1.82) is 0 Å². The van der Waals surface area contributed by atoms with Crippen LogP contribution in [0.5, 0.6) is 5.75 Å². The lowest BCUT2D eigenvalue weighted by atomic mass is 10.0. The van der Waals surface area contributed by atoms with E-state index >= 15 is 0 Å². The first-order chi connectivity index (χ1) is 7.14. The Morgan fingerprint density at radius 2 is 2.20 bits per heavy atom. The van der Waals surface area contributed by atoms with Crippen molar-refractivity contribution in [3.05, 3.63) is 28.8 Å². The fourth-order valence-corrected chi connectivity index (χ4v) is 1.99. The molecule has 0 amide bonds. The van der Waals surface area contributed by atoms with Gasteiger partial charge in [0.25, 0.3) is 0 Å². The van der Waals surface area contributed by atoms with Crippen molar-refractivity contribution < 1.29 is 9.84 Å². The van der Waals surface area contributed by atoms with Crippen LogP contribution in [-0.2, 0) is 6.42 Å². The summed E-state index contributed by atoms with van der Waals surface area (Å²) in [6.45, 7) is 0. The van der Waals surface area contributed by atoms with E-state index in [2.05, 4.69) is 0 Å². The van der Waals surface area contributed by atoms with Gasteiger partial charge in [-0.1, -0.05) is 17.7 Å². The van der Waals surface area contributed by atoms with E-state index in [1.165, 1.54) is 0 Å². The fourth-order valence-electron chi connectivity index (χ4n) is 1.72. The van der Waals surface area contributed by atoms with Crippen LogP contribution in [0.2, 0.25) is 5.02 Å². The Bertz CT molecular complexity index is 359. The van der Waals surface area contributed by atoms with Crippen LogP contribution in [0.1, 0.15) is 24.8 Å². The van der Waals surface area contributed by atoms with Crippen LogP contribution < -0.4 is 4.74 Å². The van der Waals surface area contributed by atoms with Gasteiger partial charge in [0.15, 0.2) is 0 Å². The number of halogens is 1. The maximum Gasteiger partial charge on any atom is 0.123 e. The zero-order valence-corrected chi connectivity index (χ0v) is 9.55. The number of rotatable bonds is 4. The number of benzene rings is 1. The second-order valence-electron chi connectivity index (χ2n) is 4.14. The lowest BCUT2D eigenvalue weighted by molar-refractivity contribution is 0.140. The zero-order valence-electron chi connectivity index (χ0n) is 8.79. The third-order valence-electron chi connectivity index (χ3n) is 2.96. The van der Waals surface area contributed by atoms with Gasteiger partial charge in [0.05, 0.1) is 12.7 Å². The van der Waals surface area contributed by atoms with Gasteiger partial charge in [-0.2, -0.15) is 0 Å². The minimum atomic E-state index is -0.426. The Labute approximate surface area is 94.8 Å². The molecule has 2 rings (SSSR count). The highest BCUT2D eigenvalue weighted by Crippen LogP contribution is 2.40. The van der Waals surface area contributed by atoms with Crippen molar-refractivity contribution in [2.45, 2.75) is 31.3 Å². The Morgan fingerprint density at radius 3 is 2.80 bits per heavy atom. The minimum absolute atomic E-state index is 0.426. The van der Waals surface area contributed by atoms with Gasteiger partial charge in [0.1, 0.15) is 5.75 Å². The number of methoxy groups -OCH3 is 1. The summed E-state index contributed by atoms with van der Waals surface area (Å²) < 4.78 is 5.25. The van der Waals surface area contributed by atoms with Gasteiger partial charge in [-0.15, -0.1) is 0 Å². The predicted molar refractivity (Wildman–Crippen MR) is 60.5 cm³/mol. The SMILES string of the molecule is COc1cccc(Cl)c1CCC1(O)CC1. The Kier molecular flexibility index (Phi) is 2.89. The predicted octanol–water partition coefficient (Wildman–Crippen LogP) is 2.81. The second kappa shape index (κ2) is 4.03. The first kappa shape index (κ1) is 10.8. The number of hydrogen-bond donors (Lipinski definition) is 1. The maximum atomic E-state index is 9.76. The highest BCUT2D eigenvalue weighted by molar-refractivity contribution is 6.31. The van der Waals surface area contributed by atoms with E-state index in [1.54, 1.807) is 7.11 Å². The van der Waals surface area contributed by atoms with Crippen LogP contribution in [0.4, 0.5) is 0 Å². The molecule has 0 aromatic heterocycles. The van der Waals surface area contributed by atoms with E-state index in [0.717, 1.165) is 42.0 Å². The fraction of sp³-hybridized carbons (Fsp3) is 0.500. The van der Waals surface area contributed by atoms with Crippen molar-refractivity contribution in [3.8, 4) is 5.75 Å². The molecular weight excluding hydrogens is 212 g/mol. The van der Waals surface area contributed by atoms with E-state index < -0.39 is 5.60 Å². The van der Waals surface area contributed by atoms with Gasteiger partial charge < -0.3 is 9.84 Å². The van der Waals surface area contributed by atoms with Gasteiger partial charge in [-0.05, 0) is 37.8 Å². The number of hydrogen-bond acceptors (Lipinski definition) is 2. The first-order valence-electron chi connectivity index (χ1n) is 5.18. The van der Waals surface area contributed by atoms with Gasteiger partial charge in [0.2, 0.25) is 0 Å². The summed E-state index contributed by atoms with van der Waals surface area (Å²) in [5, 5.41) is 10.5. The smallest absolute Gasteiger partial charge is 0.123 e. The molecule has 1 aromatic carbocycles. The van der Waals surface area contributed by atoms with Gasteiger partial charge >= 0.3 is 0 Å². The summed E-state index contributed by atoms with van der Waals surface area (Å²) >= 11 is 6.10. The topological polar surface area (TPSA) is 29.5 Å². The summed E-state index contributed by atoms with van der Waals surface area (Å²) in [6.07, 6.45) is 3.38. The number of ether oxygens (including phenoxy) is 1. The molecular formula is C12H15ClO2. The maximum absolute atomic E-state index is 9.76. The molecule has 0 spiro atoms. The van der Waals surface area contributed by atoms with E-state index in [-0.39, 0.29) is 0 Å². The summed E-state index contributed by atoms with van der Waals surface area (Å²) in [5.41, 5.74) is 0.575. The van der Waals surface area contributed by atoms with Gasteiger partial charge in [0, 0.05) is 10.6 Å². The van der Waals surface area contributed by atoms with E-state index in [4.69, 9.17) is 16.3 Å².